The molecule has 2 rings (SSSR count). The maximum absolute atomic E-state index is 11.4. The number of nitrogens with one attached hydrogen (secondary N) is 1. The summed E-state index contributed by atoms with van der Waals surface area (Å²) in [5.74, 6) is 0. The van der Waals surface area contributed by atoms with E-state index in [0.29, 0.717) is 10.9 Å². The second-order valence-corrected chi connectivity index (χ2v) is 2.96. The van der Waals surface area contributed by atoms with E-state index < -0.39 is 0 Å². The number of aromatic nitrogens is 2. The summed E-state index contributed by atoms with van der Waals surface area (Å²) in [5.41, 5.74) is 1.23. The van der Waals surface area contributed by atoms with Crippen LogP contribution in [-0.2, 0) is 0 Å². The van der Waals surface area contributed by atoms with Crippen LogP contribution in [0.2, 0.25) is 0 Å². The number of aromatic amines is 1. The van der Waals surface area contributed by atoms with Gasteiger partial charge in [-0.15, -0.1) is 0 Å². The molecule has 1 N–H and O–H groups in total. The lowest BCUT2D eigenvalue weighted by Gasteiger charge is -1.93. The Balaban J connectivity index is 3.09. The number of fused-ring (bicyclic) bond motifs is 1. The second kappa shape index (κ2) is 2.92. The summed E-state index contributed by atoms with van der Waals surface area (Å²) < 4.78 is 0. The van der Waals surface area contributed by atoms with Crippen LogP contribution in [0.25, 0.3) is 15.9 Å². The summed E-state index contributed by atoms with van der Waals surface area (Å²) in [5, 5.41) is 9.10. The van der Waals surface area contributed by atoms with Crippen molar-refractivity contribution < 1.29 is 0 Å². The van der Waals surface area contributed by atoms with E-state index in [4.69, 9.17) is 5.39 Å². The molecule has 1 aromatic heterocycles. The first-order valence-corrected chi connectivity index (χ1v) is 4.06. The van der Waals surface area contributed by atoms with Crippen molar-refractivity contribution in [3.8, 4) is 0 Å². The zero-order valence-corrected chi connectivity index (χ0v) is 7.48. The van der Waals surface area contributed by atoms with Crippen LogP contribution in [0, 0.1) is 12.3 Å². The Bertz CT molecular complexity index is 594. The predicted molar refractivity (Wildman–Crippen MR) is 51.8 cm³/mol. The minimum Gasteiger partial charge on any atom is -0.312 e. The molecule has 0 fully saturated rings. The summed E-state index contributed by atoms with van der Waals surface area (Å²) in [6, 6.07) is 3.47. The van der Waals surface area contributed by atoms with E-state index in [2.05, 4.69) is 14.9 Å². The Hall–Kier alpha value is -2.22. The number of hydrogen-bond donors (Lipinski definition) is 1. The number of hydrogen-bond acceptors (Lipinski definition) is 3. The molecule has 0 aliphatic rings. The van der Waals surface area contributed by atoms with E-state index in [1.54, 1.807) is 19.1 Å². The SMILES string of the molecule is Cc1ccc2nc[nH]c(=O)c2c1[N+]#N. The summed E-state index contributed by atoms with van der Waals surface area (Å²) in [4.78, 5) is 20.9. The van der Waals surface area contributed by atoms with Gasteiger partial charge in [-0.25, -0.2) is 4.98 Å². The molecule has 14 heavy (non-hydrogen) atoms. The van der Waals surface area contributed by atoms with Gasteiger partial charge in [-0.2, -0.15) is 0 Å². The van der Waals surface area contributed by atoms with Gasteiger partial charge in [0.2, 0.25) is 5.39 Å². The monoisotopic (exact) mass is 187 g/mol. The highest BCUT2D eigenvalue weighted by Gasteiger charge is 2.18. The zero-order valence-electron chi connectivity index (χ0n) is 7.48. The van der Waals surface area contributed by atoms with Gasteiger partial charge in [0, 0.05) is 5.56 Å². The summed E-state index contributed by atoms with van der Waals surface area (Å²) in [7, 11) is 0. The lowest BCUT2D eigenvalue weighted by molar-refractivity contribution is 1.17. The highest BCUT2D eigenvalue weighted by atomic mass is 16.1. The minimum absolute atomic E-state index is 0.275. The normalized spacial score (nSPS) is 10.0. The van der Waals surface area contributed by atoms with Gasteiger partial charge >= 0.3 is 5.69 Å². The summed E-state index contributed by atoms with van der Waals surface area (Å²) in [6.07, 6.45) is 1.32. The Morgan fingerprint density at radius 3 is 3.00 bits per heavy atom. The molecule has 0 radical (unpaired) electrons. The Morgan fingerprint density at radius 1 is 1.50 bits per heavy atom. The fourth-order valence-corrected chi connectivity index (χ4v) is 1.38. The third-order valence-corrected chi connectivity index (χ3v) is 2.08. The molecule has 0 atom stereocenters. The van der Waals surface area contributed by atoms with E-state index >= 15 is 0 Å². The summed E-state index contributed by atoms with van der Waals surface area (Å²) in [6.45, 7) is 1.76. The molecule has 2 aromatic rings. The molecular formula is C9H7N4O+. The van der Waals surface area contributed by atoms with Gasteiger partial charge in [0.15, 0.2) is 10.4 Å². The number of aryl methyl sites for hydroxylation is 1. The van der Waals surface area contributed by atoms with Gasteiger partial charge in [-0.05, 0) is 19.1 Å². The number of benzene rings is 1. The van der Waals surface area contributed by atoms with Crippen LogP contribution in [-0.4, -0.2) is 9.97 Å². The molecule has 0 unspecified atom stereocenters. The Labute approximate surface area is 79.0 Å². The van der Waals surface area contributed by atoms with Crippen LogP contribution in [0.15, 0.2) is 23.3 Å². The average molecular weight is 187 g/mol. The third kappa shape index (κ3) is 1.05. The number of rotatable bonds is 0. The molecule has 0 saturated heterocycles. The van der Waals surface area contributed by atoms with Crippen molar-refractivity contribution in [1.29, 1.82) is 5.39 Å². The number of nitrogens with zero attached hydrogens (tertiary/aromatic N) is 3. The molecule has 5 heteroatoms. The number of H-pyrrole nitrogens is 1. The fourth-order valence-electron chi connectivity index (χ4n) is 1.38. The van der Waals surface area contributed by atoms with Crippen LogP contribution in [0.3, 0.4) is 0 Å². The molecule has 1 aromatic carbocycles. The molecule has 0 bridgehead atoms. The van der Waals surface area contributed by atoms with Gasteiger partial charge in [-0.1, -0.05) is 0 Å². The minimum atomic E-state index is -0.300. The molecule has 0 amide bonds. The van der Waals surface area contributed by atoms with E-state index in [1.165, 1.54) is 6.33 Å². The lowest BCUT2D eigenvalue weighted by Crippen LogP contribution is -2.06. The van der Waals surface area contributed by atoms with Crippen LogP contribution < -0.4 is 5.56 Å². The first-order valence-electron chi connectivity index (χ1n) is 4.06. The van der Waals surface area contributed by atoms with Crippen LogP contribution >= 0.6 is 0 Å². The maximum Gasteiger partial charge on any atom is 0.402 e. The van der Waals surface area contributed by atoms with Crippen molar-refractivity contribution >= 4 is 16.6 Å². The van der Waals surface area contributed by atoms with Crippen molar-refractivity contribution in [2.24, 2.45) is 0 Å². The van der Waals surface area contributed by atoms with Crippen molar-refractivity contribution in [1.82, 2.24) is 9.97 Å². The van der Waals surface area contributed by atoms with Crippen molar-refractivity contribution in [2.45, 2.75) is 6.92 Å². The largest absolute Gasteiger partial charge is 0.402 e. The zero-order chi connectivity index (χ0) is 10.1. The summed E-state index contributed by atoms with van der Waals surface area (Å²) >= 11 is 0. The Morgan fingerprint density at radius 2 is 2.29 bits per heavy atom. The van der Waals surface area contributed by atoms with Crippen molar-refractivity contribution in [3.63, 3.8) is 0 Å². The van der Waals surface area contributed by atoms with Crippen molar-refractivity contribution in [2.75, 3.05) is 0 Å². The Kier molecular flexibility index (Phi) is 1.75. The molecule has 0 aliphatic carbocycles. The molecule has 68 valence electrons. The standard InChI is InChI=1S/C9H6N4O/c1-5-2-3-6-7(8(5)13-10)9(14)12-4-11-6/h2-4H,1H3/p+1. The highest BCUT2D eigenvalue weighted by molar-refractivity contribution is 5.92. The van der Waals surface area contributed by atoms with Gasteiger partial charge in [0.1, 0.15) is 0 Å². The van der Waals surface area contributed by atoms with Gasteiger partial charge in [-0.3, -0.25) is 4.79 Å². The van der Waals surface area contributed by atoms with E-state index in [0.717, 1.165) is 5.56 Å². The molecule has 0 saturated carbocycles. The topological polar surface area (TPSA) is 73.9 Å². The first-order chi connectivity index (χ1) is 6.74. The molecule has 5 nitrogen and oxygen atoms in total. The van der Waals surface area contributed by atoms with Gasteiger partial charge in [0.25, 0.3) is 5.56 Å². The smallest absolute Gasteiger partial charge is 0.312 e. The third-order valence-electron chi connectivity index (χ3n) is 2.08. The number of diazo groups is 1. The fraction of sp³-hybridized carbons (Fsp3) is 0.111. The van der Waals surface area contributed by atoms with E-state index in [-0.39, 0.29) is 11.2 Å². The van der Waals surface area contributed by atoms with Gasteiger partial charge < -0.3 is 4.98 Å². The first kappa shape index (κ1) is 8.38. The van der Waals surface area contributed by atoms with E-state index in [9.17, 15) is 4.79 Å². The quantitative estimate of drug-likeness (QED) is 0.638. The van der Waals surface area contributed by atoms with Gasteiger partial charge in [0.05, 0.1) is 11.8 Å². The molecular weight excluding hydrogens is 180 g/mol. The molecule has 0 spiro atoms. The second-order valence-electron chi connectivity index (χ2n) is 2.96. The lowest BCUT2D eigenvalue weighted by atomic mass is 10.1. The predicted octanol–water partition coefficient (Wildman–Crippen LogP) is 1.72. The van der Waals surface area contributed by atoms with Crippen molar-refractivity contribution in [3.05, 3.63) is 39.4 Å². The maximum atomic E-state index is 11.4. The highest BCUT2D eigenvalue weighted by Crippen LogP contribution is 2.25. The average Bonchev–Trinajstić information content (AvgIpc) is 2.19. The molecule has 0 aliphatic heterocycles. The van der Waals surface area contributed by atoms with Crippen LogP contribution in [0.1, 0.15) is 5.56 Å². The van der Waals surface area contributed by atoms with Crippen LogP contribution in [0.5, 0.6) is 0 Å². The van der Waals surface area contributed by atoms with E-state index in [1.807, 2.05) is 0 Å². The molecule has 1 heterocycles. The van der Waals surface area contributed by atoms with Crippen LogP contribution in [0.4, 0.5) is 5.69 Å².